The summed E-state index contributed by atoms with van der Waals surface area (Å²) in [5.74, 6) is 0.586. The van der Waals surface area contributed by atoms with Crippen LogP contribution in [0.25, 0.3) is 0 Å². The lowest BCUT2D eigenvalue weighted by atomic mass is 10.2. The molecule has 0 amide bonds. The van der Waals surface area contributed by atoms with Crippen molar-refractivity contribution in [2.75, 3.05) is 6.54 Å². The molecule has 21 heavy (non-hydrogen) atoms. The summed E-state index contributed by atoms with van der Waals surface area (Å²) in [5, 5.41) is 3.18. The summed E-state index contributed by atoms with van der Waals surface area (Å²) in [6, 6.07) is 9.98. The lowest BCUT2D eigenvalue weighted by Crippen LogP contribution is -2.26. The molecule has 0 saturated carbocycles. The smallest absolute Gasteiger partial charge is 0.241 e. The van der Waals surface area contributed by atoms with E-state index in [1.165, 1.54) is 6.26 Å². The van der Waals surface area contributed by atoms with Crippen LogP contribution < -0.4 is 10.0 Å². The van der Waals surface area contributed by atoms with Gasteiger partial charge in [0.15, 0.2) is 0 Å². The highest BCUT2D eigenvalue weighted by Gasteiger charge is 2.19. The minimum atomic E-state index is -3.57. The molecule has 0 aliphatic heterocycles. The molecule has 0 aliphatic carbocycles. The molecule has 1 unspecified atom stereocenters. The fourth-order valence-corrected chi connectivity index (χ4v) is 3.27. The molecule has 1 aromatic carbocycles. The molecule has 0 bridgehead atoms. The highest BCUT2D eigenvalue weighted by atomic mass is 32.2. The van der Waals surface area contributed by atoms with Crippen molar-refractivity contribution in [1.82, 2.24) is 10.0 Å². The van der Waals surface area contributed by atoms with Crippen LogP contribution in [0.5, 0.6) is 0 Å². The molecule has 2 rings (SSSR count). The van der Waals surface area contributed by atoms with E-state index in [0.29, 0.717) is 12.3 Å². The van der Waals surface area contributed by atoms with Crippen molar-refractivity contribution in [3.63, 3.8) is 0 Å². The van der Waals surface area contributed by atoms with Crippen molar-refractivity contribution in [3.05, 3.63) is 54.0 Å². The van der Waals surface area contributed by atoms with Crippen LogP contribution in [0.4, 0.5) is 0 Å². The molecule has 2 aromatic rings. The second kappa shape index (κ2) is 6.89. The number of rotatable bonds is 7. The Morgan fingerprint density at radius 3 is 2.71 bits per heavy atom. The Bertz CT molecular complexity index is 666. The summed E-state index contributed by atoms with van der Waals surface area (Å²) in [7, 11) is -3.57. The Kier molecular flexibility index (Phi) is 5.17. The number of hydrogen-bond acceptors (Lipinski definition) is 4. The van der Waals surface area contributed by atoms with E-state index in [4.69, 9.17) is 4.42 Å². The molecule has 0 saturated heterocycles. The zero-order valence-corrected chi connectivity index (χ0v) is 13.0. The highest BCUT2D eigenvalue weighted by molar-refractivity contribution is 7.89. The van der Waals surface area contributed by atoms with Crippen LogP contribution in [0.2, 0.25) is 0 Å². The van der Waals surface area contributed by atoms with Crippen molar-refractivity contribution in [3.8, 4) is 0 Å². The Hall–Kier alpha value is -1.63. The molecule has 1 heterocycles. The molecule has 0 spiro atoms. The second-order valence-corrected chi connectivity index (χ2v) is 6.50. The van der Waals surface area contributed by atoms with Gasteiger partial charge in [-0.05, 0) is 43.3 Å². The molecule has 5 nitrogen and oxygen atoms in total. The number of furan rings is 1. The third-order valence-corrected chi connectivity index (χ3v) is 4.63. The maximum absolute atomic E-state index is 12.4. The molecule has 1 atom stereocenters. The first-order chi connectivity index (χ1) is 10.0. The van der Waals surface area contributed by atoms with E-state index >= 15 is 0 Å². The van der Waals surface area contributed by atoms with Gasteiger partial charge in [0.25, 0.3) is 0 Å². The topological polar surface area (TPSA) is 71.3 Å². The van der Waals surface area contributed by atoms with E-state index in [1.807, 2.05) is 13.0 Å². The summed E-state index contributed by atoms with van der Waals surface area (Å²) in [5.41, 5.74) is 0.936. The van der Waals surface area contributed by atoms with Crippen LogP contribution in [0.15, 0.2) is 52.0 Å². The Morgan fingerprint density at radius 2 is 2.05 bits per heavy atom. The van der Waals surface area contributed by atoms with Crippen LogP contribution in [-0.4, -0.2) is 15.0 Å². The average molecular weight is 308 g/mol. The summed E-state index contributed by atoms with van der Waals surface area (Å²) in [4.78, 5) is 0.260. The number of hydrogen-bond donors (Lipinski definition) is 2. The van der Waals surface area contributed by atoms with E-state index in [-0.39, 0.29) is 4.90 Å². The fourth-order valence-electron chi connectivity index (χ4n) is 1.99. The first-order valence-electron chi connectivity index (χ1n) is 6.88. The standard InChI is InChI=1S/C15H20N2O3S/c1-3-16-11-13-6-4-7-14(10-13)21(18,19)17-12(2)15-8-5-9-20-15/h4-10,12,16-17H,3,11H2,1-2H3. The quantitative estimate of drug-likeness (QED) is 0.824. The summed E-state index contributed by atoms with van der Waals surface area (Å²) in [6.45, 7) is 5.24. The van der Waals surface area contributed by atoms with Gasteiger partial charge in [0.05, 0.1) is 17.2 Å². The van der Waals surface area contributed by atoms with Gasteiger partial charge in [-0.3, -0.25) is 0 Å². The van der Waals surface area contributed by atoms with E-state index < -0.39 is 16.1 Å². The predicted octanol–water partition coefficient (Wildman–Crippen LogP) is 2.43. The maximum Gasteiger partial charge on any atom is 0.241 e. The van der Waals surface area contributed by atoms with Crippen molar-refractivity contribution in [1.29, 1.82) is 0 Å². The molecule has 0 aliphatic rings. The van der Waals surface area contributed by atoms with Gasteiger partial charge < -0.3 is 9.73 Å². The van der Waals surface area contributed by atoms with Crippen molar-refractivity contribution >= 4 is 10.0 Å². The molecule has 6 heteroatoms. The van der Waals surface area contributed by atoms with Crippen molar-refractivity contribution in [2.24, 2.45) is 0 Å². The van der Waals surface area contributed by atoms with E-state index in [1.54, 1.807) is 37.3 Å². The van der Waals surface area contributed by atoms with Crippen LogP contribution in [0, 0.1) is 0 Å². The van der Waals surface area contributed by atoms with Gasteiger partial charge >= 0.3 is 0 Å². The van der Waals surface area contributed by atoms with Crippen LogP contribution in [-0.2, 0) is 16.6 Å². The highest BCUT2D eigenvalue weighted by Crippen LogP contribution is 2.18. The monoisotopic (exact) mass is 308 g/mol. The Labute approximate surface area is 125 Å². The predicted molar refractivity (Wildman–Crippen MR) is 81.3 cm³/mol. The van der Waals surface area contributed by atoms with E-state index in [9.17, 15) is 8.42 Å². The largest absolute Gasteiger partial charge is 0.468 e. The molecular weight excluding hydrogens is 288 g/mol. The Morgan fingerprint density at radius 1 is 1.24 bits per heavy atom. The first kappa shape index (κ1) is 15.8. The molecule has 0 radical (unpaired) electrons. The van der Waals surface area contributed by atoms with Gasteiger partial charge in [0.1, 0.15) is 5.76 Å². The third kappa shape index (κ3) is 4.17. The maximum atomic E-state index is 12.4. The summed E-state index contributed by atoms with van der Waals surface area (Å²) >= 11 is 0. The van der Waals surface area contributed by atoms with Gasteiger partial charge in [0.2, 0.25) is 10.0 Å². The van der Waals surface area contributed by atoms with Gasteiger partial charge in [0, 0.05) is 6.54 Å². The number of nitrogens with one attached hydrogen (secondary N) is 2. The molecule has 1 aromatic heterocycles. The van der Waals surface area contributed by atoms with Crippen molar-refractivity contribution in [2.45, 2.75) is 31.3 Å². The zero-order chi connectivity index (χ0) is 15.3. The fraction of sp³-hybridized carbons (Fsp3) is 0.333. The third-order valence-electron chi connectivity index (χ3n) is 3.09. The van der Waals surface area contributed by atoms with Crippen LogP contribution in [0.3, 0.4) is 0 Å². The second-order valence-electron chi connectivity index (χ2n) is 4.79. The minimum Gasteiger partial charge on any atom is -0.468 e. The molecule has 0 fully saturated rings. The molecular formula is C15H20N2O3S. The SMILES string of the molecule is CCNCc1cccc(S(=O)(=O)NC(C)c2ccco2)c1. The van der Waals surface area contributed by atoms with Gasteiger partial charge in [-0.1, -0.05) is 19.1 Å². The number of benzene rings is 1. The van der Waals surface area contributed by atoms with Gasteiger partial charge in [-0.25, -0.2) is 13.1 Å². The van der Waals surface area contributed by atoms with Crippen molar-refractivity contribution < 1.29 is 12.8 Å². The van der Waals surface area contributed by atoms with E-state index in [2.05, 4.69) is 10.0 Å². The lowest BCUT2D eigenvalue weighted by molar-refractivity contribution is 0.459. The minimum absolute atomic E-state index is 0.260. The lowest BCUT2D eigenvalue weighted by Gasteiger charge is -2.13. The first-order valence-corrected chi connectivity index (χ1v) is 8.36. The summed E-state index contributed by atoms with van der Waals surface area (Å²) < 4.78 is 32.6. The molecule has 2 N–H and O–H groups in total. The number of sulfonamides is 1. The normalized spacial score (nSPS) is 13.2. The van der Waals surface area contributed by atoms with E-state index in [0.717, 1.165) is 12.1 Å². The van der Waals surface area contributed by atoms with Gasteiger partial charge in [-0.2, -0.15) is 0 Å². The summed E-state index contributed by atoms with van der Waals surface area (Å²) in [6.07, 6.45) is 1.52. The molecule has 114 valence electrons. The Balaban J connectivity index is 2.15. The zero-order valence-electron chi connectivity index (χ0n) is 12.2. The average Bonchev–Trinajstić information content (AvgIpc) is 2.99. The van der Waals surface area contributed by atoms with Crippen LogP contribution in [0.1, 0.15) is 31.2 Å². The van der Waals surface area contributed by atoms with Gasteiger partial charge in [-0.15, -0.1) is 0 Å². The van der Waals surface area contributed by atoms with Crippen LogP contribution >= 0.6 is 0 Å².